The van der Waals surface area contributed by atoms with Gasteiger partial charge < -0.3 is 15.0 Å². The van der Waals surface area contributed by atoms with E-state index in [-0.39, 0.29) is 5.91 Å². The van der Waals surface area contributed by atoms with Gasteiger partial charge in [-0.15, -0.1) is 0 Å². The standard InChI is InChI=1S/C23H24N6O2S/c1-31-21-7-6-18-22(28-21)19(8-10-24-18)27-23(30)15-2-4-17(5-3-15)25-14-29-11-9-20-16(13-29)12-26-32-20/h2,6-10,12-13,17,25H,3-5,11,14H2,1H3,(H,24,27,30)/t17-/m0/s1. The summed E-state index contributed by atoms with van der Waals surface area (Å²) >= 11 is 1.54. The van der Waals surface area contributed by atoms with E-state index in [0.717, 1.165) is 38.0 Å². The minimum absolute atomic E-state index is 0.0861. The Balaban J connectivity index is 1.19. The summed E-state index contributed by atoms with van der Waals surface area (Å²) < 4.78 is 10.7. The van der Waals surface area contributed by atoms with Crippen molar-refractivity contribution in [2.45, 2.75) is 25.3 Å². The summed E-state index contributed by atoms with van der Waals surface area (Å²) in [4.78, 5) is 23.9. The van der Waals surface area contributed by atoms with Gasteiger partial charge in [0.1, 0.15) is 5.52 Å². The van der Waals surface area contributed by atoms with Gasteiger partial charge in [-0.25, -0.2) is 4.98 Å². The average molecular weight is 449 g/mol. The molecule has 0 spiro atoms. The van der Waals surface area contributed by atoms with Crippen molar-refractivity contribution in [2.75, 3.05) is 25.6 Å². The number of nitrogens with one attached hydrogen (secondary N) is 2. The molecule has 2 aliphatic rings. The third kappa shape index (κ3) is 4.35. The smallest absolute Gasteiger partial charge is 0.251 e. The Hall–Kier alpha value is -3.30. The van der Waals surface area contributed by atoms with Gasteiger partial charge in [0, 0.05) is 48.0 Å². The van der Waals surface area contributed by atoms with Crippen molar-refractivity contribution in [3.63, 3.8) is 0 Å². The number of amides is 1. The molecule has 3 aromatic rings. The minimum Gasteiger partial charge on any atom is -0.481 e. The molecule has 9 heteroatoms. The van der Waals surface area contributed by atoms with E-state index in [1.165, 1.54) is 21.3 Å². The van der Waals surface area contributed by atoms with Crippen molar-refractivity contribution in [3.8, 4) is 5.88 Å². The second-order valence-electron chi connectivity index (χ2n) is 7.85. The molecule has 4 heterocycles. The molecule has 5 rings (SSSR count). The van der Waals surface area contributed by atoms with Crippen molar-refractivity contribution in [1.29, 1.82) is 0 Å². The number of hydrogen-bond donors (Lipinski definition) is 2. The van der Waals surface area contributed by atoms with Crippen molar-refractivity contribution < 1.29 is 9.53 Å². The van der Waals surface area contributed by atoms with Crippen molar-refractivity contribution in [3.05, 3.63) is 52.0 Å². The lowest BCUT2D eigenvalue weighted by Gasteiger charge is -2.27. The third-order valence-corrected chi connectivity index (χ3v) is 6.57. The van der Waals surface area contributed by atoms with Gasteiger partial charge in [-0.1, -0.05) is 6.08 Å². The number of nitrogens with zero attached hydrogens (tertiary/aromatic N) is 4. The van der Waals surface area contributed by atoms with Crippen LogP contribution < -0.4 is 25.1 Å². The summed E-state index contributed by atoms with van der Waals surface area (Å²) in [7, 11) is 1.57. The van der Waals surface area contributed by atoms with Crippen molar-refractivity contribution >= 4 is 46.4 Å². The summed E-state index contributed by atoms with van der Waals surface area (Å²) in [5.74, 6) is 0.402. The van der Waals surface area contributed by atoms with Gasteiger partial charge in [0.25, 0.3) is 5.91 Å². The van der Waals surface area contributed by atoms with Crippen LogP contribution in [0, 0.1) is 0 Å². The average Bonchev–Trinajstić information content (AvgIpc) is 3.31. The van der Waals surface area contributed by atoms with E-state index in [0.29, 0.717) is 28.6 Å². The van der Waals surface area contributed by atoms with Gasteiger partial charge in [0.15, 0.2) is 0 Å². The molecule has 0 fully saturated rings. The molecule has 0 bridgehead atoms. The monoisotopic (exact) mass is 448 g/mol. The number of methoxy groups -OCH3 is 1. The zero-order valence-corrected chi connectivity index (χ0v) is 18.6. The Bertz CT molecular complexity index is 1300. The van der Waals surface area contributed by atoms with E-state index < -0.39 is 0 Å². The summed E-state index contributed by atoms with van der Waals surface area (Å²) in [6, 6.07) is 5.71. The van der Waals surface area contributed by atoms with Gasteiger partial charge in [-0.2, -0.15) is 4.37 Å². The molecule has 32 heavy (non-hydrogen) atoms. The fourth-order valence-corrected chi connectivity index (χ4v) is 4.60. The number of rotatable bonds is 6. The van der Waals surface area contributed by atoms with E-state index in [9.17, 15) is 4.79 Å². The molecular weight excluding hydrogens is 424 g/mol. The Morgan fingerprint density at radius 3 is 3.09 bits per heavy atom. The maximum absolute atomic E-state index is 12.9. The molecule has 1 aliphatic carbocycles. The quantitative estimate of drug-likeness (QED) is 0.592. The lowest BCUT2D eigenvalue weighted by Crippen LogP contribution is -2.42. The van der Waals surface area contributed by atoms with Gasteiger partial charge >= 0.3 is 0 Å². The summed E-state index contributed by atoms with van der Waals surface area (Å²) in [6.45, 7) is 1.67. The predicted molar refractivity (Wildman–Crippen MR) is 125 cm³/mol. The number of aromatic nitrogens is 3. The zero-order chi connectivity index (χ0) is 21.9. The summed E-state index contributed by atoms with van der Waals surface area (Å²) in [6.07, 6.45) is 12.5. The van der Waals surface area contributed by atoms with Crippen LogP contribution in [0.15, 0.2) is 42.2 Å². The molecule has 1 aliphatic heterocycles. The van der Waals surface area contributed by atoms with Crippen LogP contribution in [0.4, 0.5) is 5.69 Å². The minimum atomic E-state index is -0.0861. The molecule has 1 amide bonds. The number of hydrogen-bond acceptors (Lipinski definition) is 8. The third-order valence-electron chi connectivity index (χ3n) is 5.76. The lowest BCUT2D eigenvalue weighted by atomic mass is 9.94. The van der Waals surface area contributed by atoms with Crippen LogP contribution in [0.5, 0.6) is 5.88 Å². The number of carbonyl (C=O) groups is 1. The highest BCUT2D eigenvalue weighted by Crippen LogP contribution is 2.24. The Morgan fingerprint density at radius 2 is 2.25 bits per heavy atom. The van der Waals surface area contributed by atoms with Gasteiger partial charge in [0.2, 0.25) is 5.88 Å². The first-order valence-electron chi connectivity index (χ1n) is 10.6. The first-order valence-corrected chi connectivity index (χ1v) is 11.4. The highest BCUT2D eigenvalue weighted by atomic mass is 32.1. The van der Waals surface area contributed by atoms with Gasteiger partial charge in [0.05, 0.1) is 29.5 Å². The van der Waals surface area contributed by atoms with E-state index in [1.807, 2.05) is 18.3 Å². The molecule has 8 nitrogen and oxygen atoms in total. The van der Waals surface area contributed by atoms with E-state index in [1.54, 1.807) is 25.4 Å². The fourth-order valence-electron chi connectivity index (χ4n) is 3.96. The van der Waals surface area contributed by atoms with Crippen LogP contribution in [-0.2, 0) is 4.79 Å². The fraction of sp³-hybridized carbons (Fsp3) is 0.304. The van der Waals surface area contributed by atoms with Crippen LogP contribution in [0.1, 0.15) is 19.3 Å². The topological polar surface area (TPSA) is 92.3 Å². The second kappa shape index (κ2) is 9.05. The largest absolute Gasteiger partial charge is 0.481 e. The van der Waals surface area contributed by atoms with E-state index in [2.05, 4.69) is 42.2 Å². The predicted octanol–water partition coefficient (Wildman–Crippen LogP) is 1.59. The van der Waals surface area contributed by atoms with Crippen LogP contribution in [-0.4, -0.2) is 51.5 Å². The van der Waals surface area contributed by atoms with Gasteiger partial charge in [-0.05, 0) is 49.0 Å². The Morgan fingerprint density at radius 1 is 1.31 bits per heavy atom. The van der Waals surface area contributed by atoms with Crippen LogP contribution >= 0.6 is 11.5 Å². The molecule has 0 saturated carbocycles. The maximum atomic E-state index is 12.9. The van der Waals surface area contributed by atoms with Crippen molar-refractivity contribution in [2.24, 2.45) is 0 Å². The molecule has 2 N–H and O–H groups in total. The maximum Gasteiger partial charge on any atom is 0.251 e. The normalized spacial score (nSPS) is 17.7. The summed E-state index contributed by atoms with van der Waals surface area (Å²) in [5, 5.41) is 7.79. The first-order chi connectivity index (χ1) is 15.7. The number of fused-ring (bicyclic) bond motifs is 2. The number of anilines is 1. The summed E-state index contributed by atoms with van der Waals surface area (Å²) in [5.41, 5.74) is 2.78. The van der Waals surface area contributed by atoms with Crippen LogP contribution in [0.2, 0.25) is 0 Å². The highest BCUT2D eigenvalue weighted by molar-refractivity contribution is 7.03. The van der Waals surface area contributed by atoms with Gasteiger partial charge in [-0.3, -0.25) is 15.1 Å². The molecule has 0 radical (unpaired) electrons. The molecule has 164 valence electrons. The molecular formula is C23H24N6O2S. The second-order valence-corrected chi connectivity index (χ2v) is 8.68. The van der Waals surface area contributed by atoms with Crippen LogP contribution in [0.3, 0.4) is 0 Å². The first kappa shape index (κ1) is 20.6. The molecule has 0 aromatic carbocycles. The van der Waals surface area contributed by atoms with E-state index in [4.69, 9.17) is 4.74 Å². The SMILES string of the molecule is COc1ccc2nccc(NC(=O)C3=CC[C@H](NCN4C=c5cnsc5=CC4)CC3)c2n1. The lowest BCUT2D eigenvalue weighted by molar-refractivity contribution is -0.113. The molecule has 3 aromatic heterocycles. The number of pyridine rings is 2. The Kier molecular flexibility index (Phi) is 5.83. The highest BCUT2D eigenvalue weighted by Gasteiger charge is 2.20. The van der Waals surface area contributed by atoms with Crippen LogP contribution in [0.25, 0.3) is 23.3 Å². The van der Waals surface area contributed by atoms with E-state index >= 15 is 0 Å². The molecule has 0 unspecified atom stereocenters. The van der Waals surface area contributed by atoms with Crippen molar-refractivity contribution in [1.82, 2.24) is 24.6 Å². The Labute approximate surface area is 189 Å². The molecule has 0 saturated heterocycles. The number of carbonyl (C=O) groups excluding carboxylic acids is 1. The molecule has 1 atom stereocenters. The zero-order valence-electron chi connectivity index (χ0n) is 17.7. The number of ether oxygens (including phenoxy) is 1.